The minimum absolute atomic E-state index is 0.0320. The minimum atomic E-state index is -0.235. The lowest BCUT2D eigenvalue weighted by Crippen LogP contribution is -2.33. The van der Waals surface area contributed by atoms with E-state index in [9.17, 15) is 9.59 Å². The molecule has 0 aliphatic carbocycles. The standard InChI is InChI=1S/C22H22N4O2/c1-13-11-17-12-18(9-10-19(17)26(13)15(3)27)23-22(28)21-14(2)20(24-25-21)16-7-5-4-6-8-16/h4-10,12-13H,11H2,1-3H3,(H,23,28)(H,24,25). The van der Waals surface area contributed by atoms with Gasteiger partial charge in [-0.05, 0) is 44.0 Å². The number of amides is 2. The number of fused-ring (bicyclic) bond motifs is 1. The van der Waals surface area contributed by atoms with Crippen molar-refractivity contribution in [1.29, 1.82) is 0 Å². The van der Waals surface area contributed by atoms with Crippen LogP contribution in [0.15, 0.2) is 48.5 Å². The number of nitrogens with zero attached hydrogens (tertiary/aromatic N) is 2. The van der Waals surface area contributed by atoms with Gasteiger partial charge in [0.2, 0.25) is 5.91 Å². The van der Waals surface area contributed by atoms with E-state index in [1.807, 2.05) is 62.4 Å². The Kier molecular flexibility index (Phi) is 4.47. The Morgan fingerprint density at radius 2 is 1.93 bits per heavy atom. The number of nitrogens with one attached hydrogen (secondary N) is 2. The van der Waals surface area contributed by atoms with Crippen molar-refractivity contribution < 1.29 is 9.59 Å². The van der Waals surface area contributed by atoms with Crippen molar-refractivity contribution in [1.82, 2.24) is 10.2 Å². The van der Waals surface area contributed by atoms with Crippen LogP contribution in [0, 0.1) is 6.92 Å². The molecule has 1 aliphatic heterocycles. The molecule has 1 aromatic heterocycles. The molecule has 0 spiro atoms. The highest BCUT2D eigenvalue weighted by molar-refractivity contribution is 6.05. The van der Waals surface area contributed by atoms with Crippen molar-refractivity contribution in [2.24, 2.45) is 0 Å². The first-order chi connectivity index (χ1) is 13.5. The maximum absolute atomic E-state index is 12.8. The van der Waals surface area contributed by atoms with E-state index in [4.69, 9.17) is 0 Å². The summed E-state index contributed by atoms with van der Waals surface area (Å²) in [5, 5.41) is 10.1. The highest BCUT2D eigenvalue weighted by Crippen LogP contribution is 2.34. The highest BCUT2D eigenvalue weighted by Gasteiger charge is 2.29. The molecule has 1 unspecified atom stereocenters. The van der Waals surface area contributed by atoms with E-state index in [1.165, 1.54) is 0 Å². The molecule has 28 heavy (non-hydrogen) atoms. The van der Waals surface area contributed by atoms with Gasteiger partial charge in [0.05, 0.1) is 5.69 Å². The van der Waals surface area contributed by atoms with Gasteiger partial charge in [-0.3, -0.25) is 14.7 Å². The van der Waals surface area contributed by atoms with Gasteiger partial charge >= 0.3 is 0 Å². The molecule has 1 aliphatic rings. The van der Waals surface area contributed by atoms with Crippen LogP contribution in [0.3, 0.4) is 0 Å². The smallest absolute Gasteiger partial charge is 0.273 e. The summed E-state index contributed by atoms with van der Waals surface area (Å²) < 4.78 is 0. The number of H-pyrrole nitrogens is 1. The van der Waals surface area contributed by atoms with Crippen LogP contribution in [0.4, 0.5) is 11.4 Å². The summed E-state index contributed by atoms with van der Waals surface area (Å²) in [5.41, 5.74) is 5.67. The van der Waals surface area contributed by atoms with E-state index >= 15 is 0 Å². The highest BCUT2D eigenvalue weighted by atomic mass is 16.2. The Bertz CT molecular complexity index is 1060. The number of rotatable bonds is 3. The second kappa shape index (κ2) is 6.96. The zero-order valence-corrected chi connectivity index (χ0v) is 16.1. The number of hydrogen-bond donors (Lipinski definition) is 2. The number of benzene rings is 2. The van der Waals surface area contributed by atoms with E-state index in [-0.39, 0.29) is 17.9 Å². The molecule has 0 saturated heterocycles. The summed E-state index contributed by atoms with van der Waals surface area (Å²) in [6, 6.07) is 15.6. The Hall–Kier alpha value is -3.41. The van der Waals surface area contributed by atoms with Crippen molar-refractivity contribution in [2.75, 3.05) is 10.2 Å². The van der Waals surface area contributed by atoms with Gasteiger partial charge in [0.1, 0.15) is 5.69 Å². The average Bonchev–Trinajstić information content (AvgIpc) is 3.21. The molecule has 2 aromatic carbocycles. The molecule has 2 heterocycles. The number of carbonyl (C=O) groups is 2. The lowest BCUT2D eigenvalue weighted by atomic mass is 10.1. The molecule has 0 bridgehead atoms. The van der Waals surface area contributed by atoms with Crippen molar-refractivity contribution in [2.45, 2.75) is 33.2 Å². The van der Waals surface area contributed by atoms with Crippen molar-refractivity contribution in [3.8, 4) is 11.3 Å². The quantitative estimate of drug-likeness (QED) is 0.729. The van der Waals surface area contributed by atoms with E-state index < -0.39 is 0 Å². The first-order valence-electron chi connectivity index (χ1n) is 9.30. The maximum atomic E-state index is 12.8. The SMILES string of the molecule is CC(=O)N1c2ccc(NC(=O)c3[nH]nc(-c4ccccc4)c3C)cc2CC1C. The molecule has 142 valence electrons. The first-order valence-corrected chi connectivity index (χ1v) is 9.30. The summed E-state index contributed by atoms with van der Waals surface area (Å²) >= 11 is 0. The third-order valence-corrected chi connectivity index (χ3v) is 5.18. The predicted molar refractivity (Wildman–Crippen MR) is 109 cm³/mol. The van der Waals surface area contributed by atoms with Crippen LogP contribution in [0.25, 0.3) is 11.3 Å². The Balaban J connectivity index is 1.57. The molecule has 0 saturated carbocycles. The molecule has 0 fully saturated rings. The molecule has 2 N–H and O–H groups in total. The molecule has 6 nitrogen and oxygen atoms in total. The maximum Gasteiger partial charge on any atom is 0.273 e. The van der Waals surface area contributed by atoms with Crippen LogP contribution in [0.2, 0.25) is 0 Å². The molecular formula is C22H22N4O2. The summed E-state index contributed by atoms with van der Waals surface area (Å²) in [6.07, 6.45) is 0.778. The minimum Gasteiger partial charge on any atom is -0.321 e. The van der Waals surface area contributed by atoms with Crippen molar-refractivity contribution in [3.05, 3.63) is 65.4 Å². The van der Waals surface area contributed by atoms with E-state index in [1.54, 1.807) is 11.8 Å². The topological polar surface area (TPSA) is 78.1 Å². The van der Waals surface area contributed by atoms with Crippen LogP contribution in [-0.4, -0.2) is 28.1 Å². The van der Waals surface area contributed by atoms with E-state index in [2.05, 4.69) is 15.5 Å². The normalized spacial score (nSPS) is 15.4. The Morgan fingerprint density at radius 1 is 1.18 bits per heavy atom. The lowest BCUT2D eigenvalue weighted by Gasteiger charge is -2.20. The fraction of sp³-hybridized carbons (Fsp3) is 0.227. The van der Waals surface area contributed by atoms with Crippen LogP contribution < -0.4 is 10.2 Å². The molecule has 4 rings (SSSR count). The summed E-state index contributed by atoms with van der Waals surface area (Å²) in [4.78, 5) is 26.4. The molecular weight excluding hydrogens is 352 g/mol. The van der Waals surface area contributed by atoms with Crippen molar-refractivity contribution >= 4 is 23.2 Å². The molecule has 6 heteroatoms. The Morgan fingerprint density at radius 3 is 2.64 bits per heavy atom. The second-order valence-corrected chi connectivity index (χ2v) is 7.18. The van der Waals surface area contributed by atoms with Gasteiger partial charge < -0.3 is 10.2 Å². The van der Waals surface area contributed by atoms with Crippen LogP contribution in [0.1, 0.15) is 35.5 Å². The fourth-order valence-corrected chi connectivity index (χ4v) is 3.88. The molecule has 0 radical (unpaired) electrons. The first kappa shape index (κ1) is 18.0. The number of anilines is 2. The lowest BCUT2D eigenvalue weighted by molar-refractivity contribution is -0.116. The summed E-state index contributed by atoms with van der Waals surface area (Å²) in [6.45, 7) is 5.49. The van der Waals surface area contributed by atoms with Crippen LogP contribution in [-0.2, 0) is 11.2 Å². The fourth-order valence-electron chi connectivity index (χ4n) is 3.88. The Labute approximate surface area is 163 Å². The number of aromatic nitrogens is 2. The van der Waals surface area contributed by atoms with Gasteiger partial charge in [0, 0.05) is 35.5 Å². The third-order valence-electron chi connectivity index (χ3n) is 5.18. The van der Waals surface area contributed by atoms with Gasteiger partial charge in [-0.1, -0.05) is 30.3 Å². The van der Waals surface area contributed by atoms with E-state index in [0.717, 1.165) is 34.5 Å². The second-order valence-electron chi connectivity index (χ2n) is 7.18. The van der Waals surface area contributed by atoms with Crippen LogP contribution >= 0.6 is 0 Å². The van der Waals surface area contributed by atoms with Gasteiger partial charge in [-0.2, -0.15) is 5.10 Å². The average molecular weight is 374 g/mol. The third kappa shape index (κ3) is 3.07. The summed E-state index contributed by atoms with van der Waals surface area (Å²) in [7, 11) is 0. The van der Waals surface area contributed by atoms with Crippen LogP contribution in [0.5, 0.6) is 0 Å². The molecule has 2 amide bonds. The number of carbonyl (C=O) groups excluding carboxylic acids is 2. The van der Waals surface area contributed by atoms with Crippen molar-refractivity contribution in [3.63, 3.8) is 0 Å². The molecule has 1 atom stereocenters. The number of hydrogen-bond acceptors (Lipinski definition) is 3. The van der Waals surface area contributed by atoms with Gasteiger partial charge in [0.15, 0.2) is 0 Å². The van der Waals surface area contributed by atoms with Gasteiger partial charge in [-0.25, -0.2) is 0 Å². The summed E-state index contributed by atoms with van der Waals surface area (Å²) in [5.74, 6) is -0.203. The number of aromatic amines is 1. The van der Waals surface area contributed by atoms with Gasteiger partial charge in [0.25, 0.3) is 5.91 Å². The predicted octanol–water partition coefficient (Wildman–Crippen LogP) is 3.93. The van der Waals surface area contributed by atoms with E-state index in [0.29, 0.717) is 11.4 Å². The molecule has 3 aromatic rings. The van der Waals surface area contributed by atoms with Gasteiger partial charge in [-0.15, -0.1) is 0 Å². The zero-order valence-electron chi connectivity index (χ0n) is 16.1. The zero-order chi connectivity index (χ0) is 19.8. The monoisotopic (exact) mass is 374 g/mol. The largest absolute Gasteiger partial charge is 0.321 e.